The molecule has 2 aliphatic heterocycles. The van der Waals surface area contributed by atoms with E-state index in [0.717, 1.165) is 38.0 Å². The van der Waals surface area contributed by atoms with E-state index in [2.05, 4.69) is 26.1 Å². The Morgan fingerprint density at radius 2 is 1.49 bits per heavy atom. The number of carbonyl (C=O) groups excluding carboxylic acids is 4. The summed E-state index contributed by atoms with van der Waals surface area (Å²) in [6.07, 6.45) is 13.5. The summed E-state index contributed by atoms with van der Waals surface area (Å²) in [5.41, 5.74) is 0. The quantitative estimate of drug-likeness (QED) is 0.350. The van der Waals surface area contributed by atoms with Crippen molar-refractivity contribution in [2.24, 2.45) is 23.7 Å². The molecule has 1 saturated carbocycles. The van der Waals surface area contributed by atoms with Crippen molar-refractivity contribution in [1.82, 2.24) is 20.0 Å². The zero-order valence-electron chi connectivity index (χ0n) is 27.6. The average molecular weight is 605 g/mol. The summed E-state index contributed by atoms with van der Waals surface area (Å²) in [5.74, 6) is 0.169. The summed E-state index contributed by atoms with van der Waals surface area (Å²) < 4.78 is 5.49. The van der Waals surface area contributed by atoms with Gasteiger partial charge in [0.2, 0.25) is 23.6 Å². The van der Waals surface area contributed by atoms with Gasteiger partial charge in [0.25, 0.3) is 0 Å². The molecule has 246 valence electrons. The number of morpholine rings is 1. The molecule has 43 heavy (non-hydrogen) atoms. The summed E-state index contributed by atoms with van der Waals surface area (Å²) in [7, 11) is 0. The number of amides is 4. The predicted molar refractivity (Wildman–Crippen MR) is 169 cm³/mol. The first kappa shape index (κ1) is 35.3. The minimum Gasteiger partial charge on any atom is -0.378 e. The molecule has 3 rings (SSSR count). The Morgan fingerprint density at radius 3 is 2.14 bits per heavy atom. The van der Waals surface area contributed by atoms with E-state index in [-0.39, 0.29) is 35.5 Å². The summed E-state index contributed by atoms with van der Waals surface area (Å²) in [6.45, 7) is 11.8. The Bertz CT molecular complexity index is 886. The minimum absolute atomic E-state index is 0.000520. The van der Waals surface area contributed by atoms with Crippen molar-refractivity contribution in [2.75, 3.05) is 52.5 Å². The maximum atomic E-state index is 14.0. The summed E-state index contributed by atoms with van der Waals surface area (Å²) >= 11 is 0. The Morgan fingerprint density at radius 1 is 0.814 bits per heavy atom. The highest BCUT2D eigenvalue weighted by atomic mass is 16.5. The molecule has 0 aromatic heterocycles. The average Bonchev–Trinajstić information content (AvgIpc) is 3.13. The van der Waals surface area contributed by atoms with Crippen LogP contribution in [0.1, 0.15) is 111 Å². The highest BCUT2D eigenvalue weighted by Gasteiger charge is 2.35. The van der Waals surface area contributed by atoms with Crippen molar-refractivity contribution in [2.45, 2.75) is 117 Å². The molecule has 3 fully saturated rings. The normalized spacial score (nSPS) is 23.0. The number of hydrogen-bond donors (Lipinski definition) is 1. The standard InChI is InChI=1S/C34H60N4O5/c1-5-12-29(6-2)33(41)36-18-11-19-38(27(4)39)25-30(17-20-36)32(40)35-31(34(42)37-21-23-43-24-22-37)26(3)13-10-16-28-14-8-7-9-15-28/h26,28-31H,5-25H2,1-4H3,(H,35,40)/t26-,29+,30-,31-/m0/s1. The van der Waals surface area contributed by atoms with Gasteiger partial charge in [-0.3, -0.25) is 19.2 Å². The maximum Gasteiger partial charge on any atom is 0.245 e. The van der Waals surface area contributed by atoms with E-state index < -0.39 is 12.0 Å². The third-order valence-electron chi connectivity index (χ3n) is 10.1. The second-order valence-corrected chi connectivity index (χ2v) is 13.4. The highest BCUT2D eigenvalue weighted by Crippen LogP contribution is 2.29. The Labute approximate surface area is 260 Å². The van der Waals surface area contributed by atoms with Gasteiger partial charge in [-0.2, -0.15) is 0 Å². The number of ether oxygens (including phenoxy) is 1. The van der Waals surface area contributed by atoms with Gasteiger partial charge in [0.05, 0.1) is 19.1 Å². The Balaban J connectivity index is 1.73. The van der Waals surface area contributed by atoms with Crippen LogP contribution >= 0.6 is 0 Å². The minimum atomic E-state index is -0.609. The lowest BCUT2D eigenvalue weighted by atomic mass is 9.84. The first-order chi connectivity index (χ1) is 20.7. The molecular weight excluding hydrogens is 544 g/mol. The fourth-order valence-electron chi connectivity index (χ4n) is 7.22. The monoisotopic (exact) mass is 604 g/mol. The molecule has 9 nitrogen and oxygen atoms in total. The molecule has 4 atom stereocenters. The molecule has 4 amide bonds. The van der Waals surface area contributed by atoms with Crippen molar-refractivity contribution in [3.63, 3.8) is 0 Å². The lowest BCUT2D eigenvalue weighted by Crippen LogP contribution is -2.56. The van der Waals surface area contributed by atoms with Gasteiger partial charge in [-0.05, 0) is 43.9 Å². The first-order valence-electron chi connectivity index (χ1n) is 17.5. The van der Waals surface area contributed by atoms with Gasteiger partial charge in [0, 0.05) is 52.1 Å². The van der Waals surface area contributed by atoms with Crippen molar-refractivity contribution >= 4 is 23.6 Å². The molecule has 0 aromatic rings. The molecule has 2 saturated heterocycles. The smallest absolute Gasteiger partial charge is 0.245 e. The fourth-order valence-corrected chi connectivity index (χ4v) is 7.22. The highest BCUT2D eigenvalue weighted by molar-refractivity contribution is 5.89. The fraction of sp³-hybridized carbons (Fsp3) is 0.882. The lowest BCUT2D eigenvalue weighted by molar-refractivity contribution is -0.143. The third-order valence-corrected chi connectivity index (χ3v) is 10.1. The molecule has 1 N–H and O–H groups in total. The van der Waals surface area contributed by atoms with E-state index in [1.54, 1.807) is 11.8 Å². The number of nitrogens with one attached hydrogen (secondary N) is 1. The van der Waals surface area contributed by atoms with Crippen LogP contribution in [-0.2, 0) is 23.9 Å². The summed E-state index contributed by atoms with van der Waals surface area (Å²) in [4.78, 5) is 59.3. The number of rotatable bonds is 12. The zero-order chi connectivity index (χ0) is 31.2. The van der Waals surface area contributed by atoms with Crippen LogP contribution in [0.3, 0.4) is 0 Å². The van der Waals surface area contributed by atoms with E-state index in [0.29, 0.717) is 65.3 Å². The van der Waals surface area contributed by atoms with Crippen molar-refractivity contribution < 1.29 is 23.9 Å². The molecule has 1 aliphatic carbocycles. The molecule has 0 radical (unpaired) electrons. The number of carbonyl (C=O) groups is 4. The van der Waals surface area contributed by atoms with Crippen LogP contribution in [0.4, 0.5) is 0 Å². The van der Waals surface area contributed by atoms with E-state index in [1.165, 1.54) is 38.5 Å². The topological polar surface area (TPSA) is 99.3 Å². The molecule has 2 heterocycles. The van der Waals surface area contributed by atoms with Gasteiger partial charge in [-0.1, -0.05) is 72.1 Å². The first-order valence-corrected chi connectivity index (χ1v) is 17.5. The van der Waals surface area contributed by atoms with Gasteiger partial charge in [0.15, 0.2) is 0 Å². The predicted octanol–water partition coefficient (Wildman–Crippen LogP) is 4.63. The number of nitrogens with zero attached hydrogens (tertiary/aromatic N) is 3. The third kappa shape index (κ3) is 11.1. The summed E-state index contributed by atoms with van der Waals surface area (Å²) in [5, 5.41) is 3.19. The van der Waals surface area contributed by atoms with Gasteiger partial charge >= 0.3 is 0 Å². The van der Waals surface area contributed by atoms with E-state index in [9.17, 15) is 19.2 Å². The second kappa shape index (κ2) is 18.6. The molecule has 0 aromatic carbocycles. The second-order valence-electron chi connectivity index (χ2n) is 13.4. The van der Waals surface area contributed by atoms with Crippen LogP contribution in [0.5, 0.6) is 0 Å². The van der Waals surface area contributed by atoms with Gasteiger partial charge < -0.3 is 24.8 Å². The van der Waals surface area contributed by atoms with Crippen LogP contribution in [0, 0.1) is 23.7 Å². The molecule has 3 aliphatic rings. The van der Waals surface area contributed by atoms with Gasteiger partial charge in [0.1, 0.15) is 6.04 Å². The van der Waals surface area contributed by atoms with Crippen molar-refractivity contribution in [3.8, 4) is 0 Å². The van der Waals surface area contributed by atoms with Crippen molar-refractivity contribution in [3.05, 3.63) is 0 Å². The maximum absolute atomic E-state index is 14.0. The van der Waals surface area contributed by atoms with E-state index in [1.807, 2.05) is 9.80 Å². The van der Waals surface area contributed by atoms with Crippen LogP contribution < -0.4 is 5.32 Å². The SMILES string of the molecule is CCC[C@@H](CC)C(=O)N1CCCN(C(C)=O)C[C@@H](C(=O)N[C@H](C(=O)N2CCOCC2)[C@@H](C)CCCC2CCCCC2)CC1. The molecule has 0 spiro atoms. The van der Waals surface area contributed by atoms with Crippen LogP contribution in [-0.4, -0.2) is 96.9 Å². The van der Waals surface area contributed by atoms with Crippen LogP contribution in [0.2, 0.25) is 0 Å². The summed E-state index contributed by atoms with van der Waals surface area (Å²) in [6, 6.07) is -0.609. The van der Waals surface area contributed by atoms with Crippen molar-refractivity contribution in [1.29, 1.82) is 0 Å². The molecular formula is C34H60N4O5. The lowest BCUT2D eigenvalue weighted by Gasteiger charge is -2.34. The molecule has 9 heteroatoms. The largest absolute Gasteiger partial charge is 0.378 e. The van der Waals surface area contributed by atoms with E-state index in [4.69, 9.17) is 4.74 Å². The van der Waals surface area contributed by atoms with Crippen LogP contribution in [0.15, 0.2) is 0 Å². The van der Waals surface area contributed by atoms with Gasteiger partial charge in [-0.25, -0.2) is 0 Å². The van der Waals surface area contributed by atoms with E-state index >= 15 is 0 Å². The molecule has 0 unspecified atom stereocenters. The number of hydrogen-bond acceptors (Lipinski definition) is 5. The Kier molecular flexibility index (Phi) is 15.3. The zero-order valence-corrected chi connectivity index (χ0v) is 27.6. The molecule has 0 bridgehead atoms. The van der Waals surface area contributed by atoms with Gasteiger partial charge in [-0.15, -0.1) is 0 Å². The van der Waals surface area contributed by atoms with Crippen LogP contribution in [0.25, 0.3) is 0 Å². The Hall–Kier alpha value is -2.16.